The van der Waals surface area contributed by atoms with Crippen molar-refractivity contribution in [3.05, 3.63) is 11.6 Å². The van der Waals surface area contributed by atoms with E-state index in [0.29, 0.717) is 17.4 Å². The lowest BCUT2D eigenvalue weighted by atomic mass is 9.76. The smallest absolute Gasteiger partial charge is 0.0642 e. The van der Waals surface area contributed by atoms with E-state index in [1.54, 1.807) is 0 Å². The normalized spacial score (nSPS) is 30.9. The SMILES string of the molecule is CCCCCCCCCCC12CC(C=C1CCl)C(OC)C2. The summed E-state index contributed by atoms with van der Waals surface area (Å²) in [5.74, 6) is 1.36. The van der Waals surface area contributed by atoms with Crippen LogP contribution in [0, 0.1) is 11.3 Å². The molecule has 3 unspecified atom stereocenters. The summed E-state index contributed by atoms with van der Waals surface area (Å²) in [5, 5.41) is 0. The largest absolute Gasteiger partial charge is 0.381 e. The quantitative estimate of drug-likeness (QED) is 0.254. The molecular weight excluding hydrogens is 280 g/mol. The second-order valence-corrected chi connectivity index (χ2v) is 7.44. The third kappa shape index (κ3) is 4.26. The van der Waals surface area contributed by atoms with E-state index in [4.69, 9.17) is 16.3 Å². The van der Waals surface area contributed by atoms with Crippen molar-refractivity contribution in [2.75, 3.05) is 13.0 Å². The third-order valence-electron chi connectivity index (χ3n) is 5.75. The highest BCUT2D eigenvalue weighted by Gasteiger charge is 2.50. The fourth-order valence-electron chi connectivity index (χ4n) is 4.47. The number of methoxy groups -OCH3 is 1. The van der Waals surface area contributed by atoms with Crippen LogP contribution in [0.5, 0.6) is 0 Å². The van der Waals surface area contributed by atoms with Crippen molar-refractivity contribution in [1.82, 2.24) is 0 Å². The number of allylic oxidation sites excluding steroid dienone is 1. The first kappa shape index (κ1) is 17.3. The zero-order valence-electron chi connectivity index (χ0n) is 14.0. The van der Waals surface area contributed by atoms with Crippen molar-refractivity contribution in [1.29, 1.82) is 0 Å². The van der Waals surface area contributed by atoms with E-state index in [1.165, 1.54) is 76.2 Å². The number of ether oxygens (including phenoxy) is 1. The lowest BCUT2D eigenvalue weighted by molar-refractivity contribution is 0.0744. The zero-order valence-corrected chi connectivity index (χ0v) is 14.8. The summed E-state index contributed by atoms with van der Waals surface area (Å²) in [7, 11) is 1.86. The molecule has 0 aromatic heterocycles. The van der Waals surface area contributed by atoms with Crippen molar-refractivity contribution in [3.63, 3.8) is 0 Å². The molecule has 2 heteroatoms. The van der Waals surface area contributed by atoms with Gasteiger partial charge in [-0.1, -0.05) is 69.9 Å². The molecular formula is C19H33ClO. The van der Waals surface area contributed by atoms with Gasteiger partial charge in [-0.3, -0.25) is 0 Å². The van der Waals surface area contributed by atoms with Crippen LogP contribution >= 0.6 is 11.6 Å². The predicted molar refractivity (Wildman–Crippen MR) is 92.0 cm³/mol. The molecule has 0 heterocycles. The first-order chi connectivity index (χ1) is 10.3. The maximum atomic E-state index is 6.18. The number of alkyl halides is 1. The minimum atomic E-state index is 0.398. The fourth-order valence-corrected chi connectivity index (χ4v) is 4.84. The molecule has 0 aromatic carbocycles. The summed E-state index contributed by atoms with van der Waals surface area (Å²) in [6.45, 7) is 2.28. The van der Waals surface area contributed by atoms with Gasteiger partial charge in [0.25, 0.3) is 0 Å². The Balaban J connectivity index is 1.67. The minimum Gasteiger partial charge on any atom is -0.381 e. The second kappa shape index (κ2) is 8.58. The van der Waals surface area contributed by atoms with Crippen molar-refractivity contribution >= 4 is 11.6 Å². The highest BCUT2D eigenvalue weighted by molar-refractivity contribution is 6.19. The van der Waals surface area contributed by atoms with Gasteiger partial charge in [-0.25, -0.2) is 0 Å². The van der Waals surface area contributed by atoms with Gasteiger partial charge in [-0.2, -0.15) is 0 Å². The Morgan fingerprint density at radius 1 is 1.10 bits per heavy atom. The molecule has 0 radical (unpaired) electrons. The van der Waals surface area contributed by atoms with Crippen molar-refractivity contribution in [3.8, 4) is 0 Å². The van der Waals surface area contributed by atoms with Gasteiger partial charge in [0.15, 0.2) is 0 Å². The summed E-state index contributed by atoms with van der Waals surface area (Å²) in [4.78, 5) is 0. The molecule has 2 aliphatic rings. The number of halogens is 1. The van der Waals surface area contributed by atoms with Crippen LogP contribution in [-0.4, -0.2) is 19.1 Å². The van der Waals surface area contributed by atoms with Crippen LogP contribution in [0.2, 0.25) is 0 Å². The Labute approximate surface area is 136 Å². The average Bonchev–Trinajstić information content (AvgIpc) is 3.04. The maximum absolute atomic E-state index is 6.18. The summed E-state index contributed by atoms with van der Waals surface area (Å²) >= 11 is 6.18. The number of fused-ring (bicyclic) bond motifs is 2. The van der Waals surface area contributed by atoms with E-state index in [2.05, 4.69) is 13.0 Å². The van der Waals surface area contributed by atoms with Gasteiger partial charge < -0.3 is 4.74 Å². The first-order valence-corrected chi connectivity index (χ1v) is 9.59. The van der Waals surface area contributed by atoms with Gasteiger partial charge in [0.2, 0.25) is 0 Å². The van der Waals surface area contributed by atoms with Crippen LogP contribution in [0.25, 0.3) is 0 Å². The predicted octanol–water partition coefficient (Wildman–Crippen LogP) is 6.11. The highest BCUT2D eigenvalue weighted by atomic mass is 35.5. The van der Waals surface area contributed by atoms with Crippen LogP contribution in [0.4, 0.5) is 0 Å². The lowest BCUT2D eigenvalue weighted by Gasteiger charge is -2.31. The van der Waals surface area contributed by atoms with Gasteiger partial charge in [-0.05, 0) is 24.7 Å². The van der Waals surface area contributed by atoms with E-state index in [1.807, 2.05) is 7.11 Å². The van der Waals surface area contributed by atoms with E-state index >= 15 is 0 Å². The summed E-state index contributed by atoms with van der Waals surface area (Å²) < 4.78 is 5.66. The Hall–Kier alpha value is -0.0100. The van der Waals surface area contributed by atoms with Gasteiger partial charge >= 0.3 is 0 Å². The minimum absolute atomic E-state index is 0.398. The summed E-state index contributed by atoms with van der Waals surface area (Å²) in [6.07, 6.45) is 17.9. The summed E-state index contributed by atoms with van der Waals surface area (Å²) in [5.41, 5.74) is 1.92. The van der Waals surface area contributed by atoms with E-state index in [9.17, 15) is 0 Å². The summed E-state index contributed by atoms with van der Waals surface area (Å²) in [6, 6.07) is 0. The molecule has 3 atom stereocenters. The molecule has 0 spiro atoms. The molecule has 0 N–H and O–H groups in total. The van der Waals surface area contributed by atoms with Gasteiger partial charge in [0, 0.05) is 18.9 Å². The molecule has 21 heavy (non-hydrogen) atoms. The Bertz CT molecular complexity index is 338. The van der Waals surface area contributed by atoms with E-state index in [0.717, 1.165) is 5.88 Å². The second-order valence-electron chi connectivity index (χ2n) is 7.18. The molecule has 0 amide bonds. The molecule has 1 fully saturated rings. The molecule has 0 aliphatic heterocycles. The van der Waals surface area contributed by atoms with E-state index in [-0.39, 0.29) is 0 Å². The Morgan fingerprint density at radius 3 is 2.38 bits per heavy atom. The molecule has 2 bridgehead atoms. The van der Waals surface area contributed by atoms with Gasteiger partial charge in [0.1, 0.15) is 0 Å². The van der Waals surface area contributed by atoms with Crippen LogP contribution in [0.15, 0.2) is 11.6 Å². The first-order valence-electron chi connectivity index (χ1n) is 9.05. The molecule has 122 valence electrons. The van der Waals surface area contributed by atoms with Crippen molar-refractivity contribution in [2.24, 2.45) is 11.3 Å². The lowest BCUT2D eigenvalue weighted by Crippen LogP contribution is -2.24. The monoisotopic (exact) mass is 312 g/mol. The average molecular weight is 313 g/mol. The number of hydrogen-bond acceptors (Lipinski definition) is 1. The van der Waals surface area contributed by atoms with E-state index < -0.39 is 0 Å². The molecule has 0 aromatic rings. The Morgan fingerprint density at radius 2 is 1.76 bits per heavy atom. The Kier molecular flexibility index (Phi) is 7.08. The van der Waals surface area contributed by atoms with Crippen LogP contribution in [-0.2, 0) is 4.74 Å². The number of hydrogen-bond donors (Lipinski definition) is 0. The van der Waals surface area contributed by atoms with Crippen molar-refractivity contribution < 1.29 is 4.74 Å². The fraction of sp³-hybridized carbons (Fsp3) is 0.895. The zero-order chi connectivity index (χ0) is 15.1. The van der Waals surface area contributed by atoms with Crippen LogP contribution in [0.1, 0.15) is 77.6 Å². The standard InChI is InChI=1S/C19H33ClO/c1-3-4-5-6-7-8-9-10-11-19-13-16(12-17(19)15-20)18(14-19)21-2/h12,16,18H,3-11,13-15H2,1-2H3. The van der Waals surface area contributed by atoms with Gasteiger partial charge in [-0.15, -0.1) is 11.6 Å². The molecule has 2 aliphatic carbocycles. The third-order valence-corrected chi connectivity index (χ3v) is 6.04. The number of rotatable bonds is 11. The van der Waals surface area contributed by atoms with Crippen LogP contribution < -0.4 is 0 Å². The molecule has 1 saturated carbocycles. The maximum Gasteiger partial charge on any atom is 0.0642 e. The molecule has 1 nitrogen and oxygen atoms in total. The molecule has 2 rings (SSSR count). The highest BCUT2D eigenvalue weighted by Crippen LogP contribution is 2.57. The number of unbranched alkanes of at least 4 members (excludes halogenated alkanes) is 7. The topological polar surface area (TPSA) is 9.23 Å². The van der Waals surface area contributed by atoms with Crippen LogP contribution in [0.3, 0.4) is 0 Å². The van der Waals surface area contributed by atoms with Gasteiger partial charge in [0.05, 0.1) is 6.10 Å². The molecule has 0 saturated heterocycles. The van der Waals surface area contributed by atoms with Crippen molar-refractivity contribution in [2.45, 2.75) is 83.7 Å².